The number of carbonyl (C=O) groups is 4. The van der Waals surface area contributed by atoms with E-state index in [0.717, 1.165) is 52.4 Å². The zero-order valence-corrected chi connectivity index (χ0v) is 36.4. The maximum Gasteiger partial charge on any atom is 0.355 e. The van der Waals surface area contributed by atoms with Crippen LogP contribution < -0.4 is 16.2 Å². The Morgan fingerprint density at radius 3 is 2.34 bits per heavy atom. The first-order valence-corrected chi connectivity index (χ1v) is 21.3. The number of amides is 2. The van der Waals surface area contributed by atoms with E-state index in [4.69, 9.17) is 25.6 Å². The minimum Gasteiger partial charge on any atom is -0.508 e. The molecule has 16 nitrogen and oxygen atoms in total. The number of carbonyl (C=O) groups excluding carboxylic acids is 4. The Hall–Kier alpha value is -7.07. The Morgan fingerprint density at radius 2 is 1.72 bits per heavy atom. The third kappa shape index (κ3) is 8.16. The number of aromatic hydroxyl groups is 3. The van der Waals surface area contributed by atoms with Crippen molar-refractivity contribution in [2.45, 2.75) is 84.5 Å². The van der Waals surface area contributed by atoms with Crippen molar-refractivity contribution in [3.8, 4) is 28.6 Å². The number of aryl methyl sites for hydroxylation is 1. The number of anilines is 1. The number of piperidine rings is 1. The molecule has 1 unspecified atom stereocenters. The van der Waals surface area contributed by atoms with Gasteiger partial charge in [-0.1, -0.05) is 39.8 Å². The molecule has 0 radical (unpaired) electrons. The van der Waals surface area contributed by atoms with Crippen molar-refractivity contribution < 1.29 is 44.0 Å². The number of pyridine rings is 2. The van der Waals surface area contributed by atoms with Crippen molar-refractivity contribution in [2.24, 2.45) is 11.7 Å². The highest BCUT2D eigenvalue weighted by molar-refractivity contribution is 6.22. The van der Waals surface area contributed by atoms with Crippen LogP contribution in [0.4, 0.5) is 10.5 Å². The van der Waals surface area contributed by atoms with Crippen LogP contribution in [0.3, 0.4) is 0 Å². The quantitative estimate of drug-likeness (QED) is 0.0479. The zero-order chi connectivity index (χ0) is 46.2. The minimum atomic E-state index is -1.68. The first-order chi connectivity index (χ1) is 30.5. The molecule has 5 aromatic rings. The van der Waals surface area contributed by atoms with Crippen LogP contribution in [0.1, 0.15) is 91.8 Å². The smallest absolute Gasteiger partial charge is 0.355 e. The van der Waals surface area contributed by atoms with Gasteiger partial charge in [-0.3, -0.25) is 15.0 Å². The molecule has 334 valence electrons. The van der Waals surface area contributed by atoms with Crippen molar-refractivity contribution in [1.82, 2.24) is 14.5 Å². The lowest BCUT2D eigenvalue weighted by atomic mass is 9.85. The Labute approximate surface area is 369 Å². The van der Waals surface area contributed by atoms with Gasteiger partial charge in [0.1, 0.15) is 36.0 Å². The highest BCUT2D eigenvalue weighted by atomic mass is 16.6. The van der Waals surface area contributed by atoms with Crippen molar-refractivity contribution in [3.63, 3.8) is 0 Å². The van der Waals surface area contributed by atoms with Crippen molar-refractivity contribution in [3.05, 3.63) is 110 Å². The van der Waals surface area contributed by atoms with Crippen LogP contribution in [0.25, 0.3) is 22.3 Å². The van der Waals surface area contributed by atoms with Gasteiger partial charge in [-0.05, 0) is 111 Å². The number of ether oxygens (including phenoxy) is 2. The molecule has 3 aromatic carbocycles. The summed E-state index contributed by atoms with van der Waals surface area (Å²) in [5, 5.41) is 39.4. The summed E-state index contributed by atoms with van der Waals surface area (Å²) in [5.74, 6) is -2.01. The molecule has 6 N–H and O–H groups in total. The van der Waals surface area contributed by atoms with Gasteiger partial charge in [-0.2, -0.15) is 0 Å². The van der Waals surface area contributed by atoms with Gasteiger partial charge in [0.2, 0.25) is 5.60 Å². The summed E-state index contributed by atoms with van der Waals surface area (Å²) in [6.45, 7) is 9.25. The average molecular weight is 873 g/mol. The predicted molar refractivity (Wildman–Crippen MR) is 239 cm³/mol. The first kappa shape index (κ1) is 45.0. The van der Waals surface area contributed by atoms with E-state index in [1.165, 1.54) is 6.07 Å². The molecule has 3 aliphatic heterocycles. The fraction of sp³-hybridized carbons (Fsp3) is 0.354. The molecule has 0 aliphatic carbocycles. The van der Waals surface area contributed by atoms with Gasteiger partial charge in [-0.25, -0.2) is 19.5 Å². The fourth-order valence-electron chi connectivity index (χ4n) is 8.82. The Kier molecular flexibility index (Phi) is 12.6. The molecule has 1 atom stereocenters. The number of fused-ring (bicyclic) bond motifs is 5. The number of benzene rings is 3. The SMILES string of the molecule is CC(C)c1cc(C(=N)N(C(N)=O)c2ccc(CC=O)cc2)c(O)cc1O.CCc1c2c(nc3ccc(O)cc13)-c1cc3c(c(=O)n1C2)COC(=O)C3(CC)OC(=O)C1CCN(C)CC1. The van der Waals surface area contributed by atoms with E-state index >= 15 is 0 Å². The predicted octanol–water partition coefficient (Wildman–Crippen LogP) is 6.11. The number of nitrogens with two attached hydrogens (primary N) is 1. The molecule has 2 aromatic heterocycles. The number of primary amides is 1. The zero-order valence-electron chi connectivity index (χ0n) is 36.4. The monoisotopic (exact) mass is 872 g/mol. The highest BCUT2D eigenvalue weighted by Crippen LogP contribution is 2.43. The third-order valence-corrected chi connectivity index (χ3v) is 12.4. The van der Waals surface area contributed by atoms with E-state index in [1.54, 1.807) is 60.0 Å². The van der Waals surface area contributed by atoms with E-state index in [2.05, 4.69) is 4.90 Å². The summed E-state index contributed by atoms with van der Waals surface area (Å²) in [5.41, 5.74) is 9.83. The minimum absolute atomic E-state index is 0.0493. The van der Waals surface area contributed by atoms with Crippen molar-refractivity contribution in [1.29, 1.82) is 5.41 Å². The van der Waals surface area contributed by atoms with Crippen LogP contribution in [0.15, 0.2) is 65.5 Å². The van der Waals surface area contributed by atoms with Crippen LogP contribution in [-0.2, 0) is 55.5 Å². The van der Waals surface area contributed by atoms with Crippen molar-refractivity contribution >= 4 is 46.7 Å². The average Bonchev–Trinajstić information content (AvgIpc) is 3.63. The number of nitrogens with zero attached hydrogens (tertiary/aromatic N) is 4. The lowest BCUT2D eigenvalue weighted by molar-refractivity contribution is -0.192. The molecule has 64 heavy (non-hydrogen) atoms. The number of hydrogen-bond donors (Lipinski definition) is 5. The molecule has 0 spiro atoms. The number of nitrogens with one attached hydrogen (secondary N) is 1. The lowest BCUT2D eigenvalue weighted by Gasteiger charge is -2.37. The van der Waals surface area contributed by atoms with Crippen LogP contribution in [0.2, 0.25) is 0 Å². The number of phenols is 3. The number of aromatic nitrogens is 2. The number of cyclic esters (lactones) is 1. The fourth-order valence-corrected chi connectivity index (χ4v) is 8.82. The third-order valence-electron chi connectivity index (χ3n) is 12.4. The normalized spacial score (nSPS) is 16.8. The second-order valence-electron chi connectivity index (χ2n) is 16.7. The summed E-state index contributed by atoms with van der Waals surface area (Å²) >= 11 is 0. The summed E-state index contributed by atoms with van der Waals surface area (Å²) < 4.78 is 13.2. The summed E-state index contributed by atoms with van der Waals surface area (Å²) in [4.78, 5) is 70.9. The topological polar surface area (TPSA) is 239 Å². The summed E-state index contributed by atoms with van der Waals surface area (Å²) in [6, 6.07) is 15.0. The maximum atomic E-state index is 13.8. The van der Waals surface area contributed by atoms with Gasteiger partial charge in [0.15, 0.2) is 0 Å². The molecule has 5 heterocycles. The summed E-state index contributed by atoms with van der Waals surface area (Å²) in [6.07, 6.45) is 3.17. The lowest BCUT2D eigenvalue weighted by Crippen LogP contribution is -2.49. The van der Waals surface area contributed by atoms with Crippen LogP contribution in [-0.4, -0.2) is 80.0 Å². The van der Waals surface area contributed by atoms with Gasteiger partial charge >= 0.3 is 18.0 Å². The van der Waals surface area contributed by atoms with Gasteiger partial charge in [0, 0.05) is 29.0 Å². The Balaban J connectivity index is 0.000000207. The molecule has 1 fully saturated rings. The van der Waals surface area contributed by atoms with Gasteiger partial charge in [-0.15, -0.1) is 0 Å². The summed E-state index contributed by atoms with van der Waals surface area (Å²) in [7, 11) is 2.01. The second kappa shape index (κ2) is 18.0. The maximum absolute atomic E-state index is 13.8. The Morgan fingerprint density at radius 1 is 1.02 bits per heavy atom. The number of rotatable bonds is 9. The van der Waals surface area contributed by atoms with Crippen LogP contribution in [0, 0.1) is 11.3 Å². The van der Waals surface area contributed by atoms with E-state index in [1.807, 2.05) is 27.8 Å². The molecule has 2 amide bonds. The number of phenolic OH excluding ortho intramolecular Hbond substituents is 3. The van der Waals surface area contributed by atoms with Gasteiger partial charge in [0.25, 0.3) is 5.56 Å². The number of likely N-dealkylation sites (tertiary alicyclic amines) is 1. The molecule has 0 saturated carbocycles. The van der Waals surface area contributed by atoms with E-state index in [9.17, 15) is 39.3 Å². The molecule has 3 aliphatic rings. The number of amidine groups is 1. The van der Waals surface area contributed by atoms with Crippen LogP contribution >= 0.6 is 0 Å². The van der Waals surface area contributed by atoms with Gasteiger partial charge in [0.05, 0.1) is 46.2 Å². The van der Waals surface area contributed by atoms with E-state index < -0.39 is 23.6 Å². The highest BCUT2D eigenvalue weighted by Gasteiger charge is 2.51. The molecular formula is C48H52N6O10. The number of esters is 2. The standard InChI is InChI=1S/C29H31N3O6.C19H21N3O4/c1-4-18-19-12-17(33)6-7-23(19)30-25-20(18)14-32-24(25)13-22-21(26(32)34)15-37-28(36)29(22,5-2)38-27(35)16-8-10-31(3)11-9-16;1-11(2)14-9-15(17(25)10-16(14)24)18(20)22(19(21)26)13-5-3-12(4-6-13)7-8-23/h6-7,12-13,16,33H,4-5,8-11,14-15H2,1-3H3;3-6,8-11,20,24-25H,7H2,1-2H3,(H2,21,26). The molecule has 16 heteroatoms. The number of hydrogen-bond acceptors (Lipinski definition) is 13. The van der Waals surface area contributed by atoms with E-state index in [-0.39, 0.29) is 65.5 Å². The van der Waals surface area contributed by atoms with Gasteiger partial charge < -0.3 is 44.8 Å². The molecular weight excluding hydrogens is 821 g/mol. The van der Waals surface area contributed by atoms with Crippen molar-refractivity contribution in [2.75, 3.05) is 25.0 Å². The molecule has 8 rings (SSSR count). The Bertz CT molecular complexity index is 2760. The first-order valence-electron chi connectivity index (χ1n) is 21.3. The molecule has 1 saturated heterocycles. The number of urea groups is 1. The van der Waals surface area contributed by atoms with Crippen LogP contribution in [0.5, 0.6) is 17.2 Å². The number of aldehydes is 1. The molecule has 0 bridgehead atoms. The second-order valence-corrected chi connectivity index (χ2v) is 16.7. The van der Waals surface area contributed by atoms with E-state index in [0.29, 0.717) is 65.1 Å². The largest absolute Gasteiger partial charge is 0.508 e.